The number of carboxylic acid groups (broad SMARTS) is 1. The number of carboxylic acids is 1. The lowest BCUT2D eigenvalue weighted by molar-refractivity contribution is 0.0692. The second kappa shape index (κ2) is 6.09. The standard InChI is InChI=1S/C9H10BrNO3S/c10-6-4-7(9(13)14)8(11-5-6)15-3-1-2-12/h4-5,12H,1-3H2,(H,13,14). The van der Waals surface area contributed by atoms with Crippen LogP contribution in [0.25, 0.3) is 0 Å². The fraction of sp³-hybridized carbons (Fsp3) is 0.333. The summed E-state index contributed by atoms with van der Waals surface area (Å²) in [7, 11) is 0. The van der Waals surface area contributed by atoms with Crippen molar-refractivity contribution in [1.29, 1.82) is 0 Å². The van der Waals surface area contributed by atoms with E-state index in [-0.39, 0.29) is 12.2 Å². The molecular formula is C9H10BrNO3S. The van der Waals surface area contributed by atoms with Gasteiger partial charge in [-0.1, -0.05) is 0 Å². The van der Waals surface area contributed by atoms with Gasteiger partial charge in [0.25, 0.3) is 0 Å². The van der Waals surface area contributed by atoms with Crippen LogP contribution < -0.4 is 0 Å². The Bertz CT molecular complexity index is 359. The lowest BCUT2D eigenvalue weighted by Crippen LogP contribution is -2.01. The maximum absolute atomic E-state index is 10.9. The molecule has 0 atom stereocenters. The third-order valence-electron chi connectivity index (χ3n) is 1.59. The fourth-order valence-corrected chi connectivity index (χ4v) is 2.16. The Kier molecular flexibility index (Phi) is 5.07. The highest BCUT2D eigenvalue weighted by atomic mass is 79.9. The number of aromatic carboxylic acids is 1. The van der Waals surface area contributed by atoms with Crippen molar-refractivity contribution in [1.82, 2.24) is 4.98 Å². The summed E-state index contributed by atoms with van der Waals surface area (Å²) in [5.41, 5.74) is 0.187. The summed E-state index contributed by atoms with van der Waals surface area (Å²) in [6.45, 7) is 0.103. The number of carbonyl (C=O) groups is 1. The number of hydrogen-bond acceptors (Lipinski definition) is 4. The van der Waals surface area contributed by atoms with E-state index in [1.54, 1.807) is 6.20 Å². The monoisotopic (exact) mass is 291 g/mol. The number of aromatic nitrogens is 1. The lowest BCUT2D eigenvalue weighted by atomic mass is 10.3. The summed E-state index contributed by atoms with van der Waals surface area (Å²) in [6.07, 6.45) is 2.19. The van der Waals surface area contributed by atoms with Gasteiger partial charge in [0, 0.05) is 23.0 Å². The number of nitrogens with zero attached hydrogens (tertiary/aromatic N) is 1. The molecule has 0 amide bonds. The molecule has 0 aliphatic heterocycles. The molecule has 15 heavy (non-hydrogen) atoms. The minimum atomic E-state index is -0.990. The molecule has 6 heteroatoms. The summed E-state index contributed by atoms with van der Waals surface area (Å²) >= 11 is 4.51. The molecule has 1 rings (SSSR count). The van der Waals surface area contributed by atoms with E-state index < -0.39 is 5.97 Å². The number of aliphatic hydroxyl groups excluding tert-OH is 1. The first-order valence-electron chi connectivity index (χ1n) is 4.27. The Morgan fingerprint density at radius 1 is 1.60 bits per heavy atom. The van der Waals surface area contributed by atoms with Crippen molar-refractivity contribution in [3.05, 3.63) is 22.3 Å². The lowest BCUT2D eigenvalue weighted by Gasteiger charge is -2.04. The molecule has 1 heterocycles. The van der Waals surface area contributed by atoms with Crippen molar-refractivity contribution < 1.29 is 15.0 Å². The summed E-state index contributed by atoms with van der Waals surface area (Å²) in [5.74, 6) is -0.332. The molecule has 0 aromatic carbocycles. The highest BCUT2D eigenvalue weighted by molar-refractivity contribution is 9.10. The van der Waals surface area contributed by atoms with Crippen LogP contribution in [0.15, 0.2) is 21.8 Å². The molecule has 1 aromatic heterocycles. The summed E-state index contributed by atoms with van der Waals surface area (Å²) < 4.78 is 0.645. The van der Waals surface area contributed by atoms with E-state index in [4.69, 9.17) is 10.2 Å². The fourth-order valence-electron chi connectivity index (χ4n) is 0.928. The summed E-state index contributed by atoms with van der Waals surface area (Å²) in [5, 5.41) is 18.0. The van der Waals surface area contributed by atoms with E-state index >= 15 is 0 Å². The van der Waals surface area contributed by atoms with Crippen molar-refractivity contribution in [2.24, 2.45) is 0 Å². The smallest absolute Gasteiger partial charge is 0.338 e. The molecular weight excluding hydrogens is 282 g/mol. The zero-order valence-corrected chi connectivity index (χ0v) is 10.2. The van der Waals surface area contributed by atoms with Gasteiger partial charge in [-0.3, -0.25) is 0 Å². The maximum atomic E-state index is 10.9. The normalized spacial score (nSPS) is 10.3. The highest BCUT2D eigenvalue weighted by Crippen LogP contribution is 2.23. The molecule has 0 aliphatic rings. The molecule has 0 fully saturated rings. The SMILES string of the molecule is O=C(O)c1cc(Br)cnc1SCCCO. The number of halogens is 1. The van der Waals surface area contributed by atoms with Crippen LogP contribution >= 0.6 is 27.7 Å². The summed E-state index contributed by atoms with van der Waals surface area (Å²) in [6, 6.07) is 1.52. The van der Waals surface area contributed by atoms with Crippen LogP contribution in [-0.2, 0) is 0 Å². The molecule has 4 nitrogen and oxygen atoms in total. The first-order chi connectivity index (χ1) is 7.15. The van der Waals surface area contributed by atoms with Crippen molar-refractivity contribution >= 4 is 33.7 Å². The molecule has 0 aliphatic carbocycles. The predicted molar refractivity (Wildman–Crippen MR) is 61.3 cm³/mol. The zero-order valence-electron chi connectivity index (χ0n) is 7.81. The van der Waals surface area contributed by atoms with E-state index in [0.717, 1.165) is 0 Å². The molecule has 1 aromatic rings. The van der Waals surface area contributed by atoms with E-state index in [2.05, 4.69) is 20.9 Å². The van der Waals surface area contributed by atoms with Gasteiger partial charge in [-0.2, -0.15) is 0 Å². The van der Waals surface area contributed by atoms with E-state index in [9.17, 15) is 4.79 Å². The average Bonchev–Trinajstić information content (AvgIpc) is 2.20. The molecule has 82 valence electrons. The highest BCUT2D eigenvalue weighted by Gasteiger charge is 2.12. The van der Waals surface area contributed by atoms with Crippen LogP contribution in [0, 0.1) is 0 Å². The minimum absolute atomic E-state index is 0.103. The maximum Gasteiger partial charge on any atom is 0.338 e. The number of rotatable bonds is 5. The molecule has 0 bridgehead atoms. The van der Waals surface area contributed by atoms with Gasteiger partial charge >= 0.3 is 5.97 Å². The van der Waals surface area contributed by atoms with Gasteiger partial charge in [0.1, 0.15) is 5.03 Å². The Morgan fingerprint density at radius 3 is 2.93 bits per heavy atom. The van der Waals surface area contributed by atoms with Gasteiger partial charge in [-0.15, -0.1) is 11.8 Å². The molecule has 0 radical (unpaired) electrons. The third-order valence-corrected chi connectivity index (χ3v) is 3.11. The van der Waals surface area contributed by atoms with Crippen LogP contribution in [0.5, 0.6) is 0 Å². The first-order valence-corrected chi connectivity index (χ1v) is 6.05. The Balaban J connectivity index is 2.81. The van der Waals surface area contributed by atoms with E-state index in [1.807, 2.05) is 0 Å². The average molecular weight is 292 g/mol. The van der Waals surface area contributed by atoms with Crippen LogP contribution in [0.3, 0.4) is 0 Å². The largest absolute Gasteiger partial charge is 0.478 e. The molecule has 2 N–H and O–H groups in total. The molecule has 0 saturated heterocycles. The Morgan fingerprint density at radius 2 is 2.33 bits per heavy atom. The Hall–Kier alpha value is -0.590. The predicted octanol–water partition coefficient (Wildman–Crippen LogP) is 2.02. The van der Waals surface area contributed by atoms with Gasteiger partial charge in [0.05, 0.1) is 5.56 Å². The number of thioether (sulfide) groups is 1. The molecule has 0 spiro atoms. The molecule has 0 saturated carbocycles. The Labute approximate surface area is 99.9 Å². The minimum Gasteiger partial charge on any atom is -0.478 e. The topological polar surface area (TPSA) is 70.4 Å². The first kappa shape index (κ1) is 12.5. The van der Waals surface area contributed by atoms with Crippen LogP contribution in [-0.4, -0.2) is 33.5 Å². The van der Waals surface area contributed by atoms with Crippen LogP contribution in [0.4, 0.5) is 0 Å². The van der Waals surface area contributed by atoms with Crippen LogP contribution in [0.1, 0.15) is 16.8 Å². The number of pyridine rings is 1. The van der Waals surface area contributed by atoms with E-state index in [1.165, 1.54) is 17.8 Å². The van der Waals surface area contributed by atoms with Crippen molar-refractivity contribution in [3.8, 4) is 0 Å². The quantitative estimate of drug-likeness (QED) is 0.642. The second-order valence-electron chi connectivity index (χ2n) is 2.74. The summed E-state index contributed by atoms with van der Waals surface area (Å²) in [4.78, 5) is 14.9. The van der Waals surface area contributed by atoms with Crippen molar-refractivity contribution in [2.45, 2.75) is 11.4 Å². The van der Waals surface area contributed by atoms with Crippen LogP contribution in [0.2, 0.25) is 0 Å². The van der Waals surface area contributed by atoms with Crippen molar-refractivity contribution in [2.75, 3.05) is 12.4 Å². The number of hydrogen-bond donors (Lipinski definition) is 2. The zero-order chi connectivity index (χ0) is 11.3. The second-order valence-corrected chi connectivity index (χ2v) is 4.74. The van der Waals surface area contributed by atoms with Gasteiger partial charge in [-0.25, -0.2) is 9.78 Å². The van der Waals surface area contributed by atoms with Gasteiger partial charge in [-0.05, 0) is 28.4 Å². The number of aliphatic hydroxyl groups is 1. The van der Waals surface area contributed by atoms with Gasteiger partial charge in [0.2, 0.25) is 0 Å². The van der Waals surface area contributed by atoms with Gasteiger partial charge < -0.3 is 10.2 Å². The van der Waals surface area contributed by atoms with Crippen molar-refractivity contribution in [3.63, 3.8) is 0 Å². The van der Waals surface area contributed by atoms with E-state index in [0.29, 0.717) is 21.7 Å². The third kappa shape index (κ3) is 3.81. The molecule has 0 unspecified atom stereocenters. The van der Waals surface area contributed by atoms with Gasteiger partial charge in [0.15, 0.2) is 0 Å².